The first-order valence-electron chi connectivity index (χ1n) is 7.64. The van der Waals surface area contributed by atoms with Crippen LogP contribution in [-0.2, 0) is 10.3 Å². The van der Waals surface area contributed by atoms with Gasteiger partial charge in [0, 0.05) is 12.5 Å². The van der Waals surface area contributed by atoms with Crippen LogP contribution in [0.2, 0.25) is 0 Å². The van der Waals surface area contributed by atoms with Crippen molar-refractivity contribution in [2.45, 2.75) is 64.0 Å². The van der Waals surface area contributed by atoms with E-state index in [9.17, 15) is 27.5 Å². The fourth-order valence-corrected chi connectivity index (χ4v) is 2.26. The van der Waals surface area contributed by atoms with Crippen molar-refractivity contribution in [2.75, 3.05) is 0 Å². The van der Waals surface area contributed by atoms with Crippen LogP contribution in [0.4, 0.5) is 22.4 Å². The van der Waals surface area contributed by atoms with E-state index in [4.69, 9.17) is 4.74 Å². The number of carbonyl (C=O) groups is 1. The third kappa shape index (κ3) is 5.32. The van der Waals surface area contributed by atoms with E-state index in [1.54, 1.807) is 20.8 Å². The van der Waals surface area contributed by atoms with Gasteiger partial charge in [0.1, 0.15) is 17.0 Å². The van der Waals surface area contributed by atoms with Crippen LogP contribution in [0.1, 0.15) is 40.2 Å². The molecule has 3 atom stereocenters. The molecule has 2 N–H and O–H groups in total. The number of benzene rings is 1. The Hall–Kier alpha value is -1.83. The highest BCUT2D eigenvalue weighted by molar-refractivity contribution is 5.69. The molecule has 1 aromatic carbocycles. The molecule has 0 saturated heterocycles. The highest BCUT2D eigenvalue weighted by Gasteiger charge is 2.51. The minimum Gasteiger partial charge on any atom is -0.444 e. The molecular weight excluding hydrogens is 342 g/mol. The van der Waals surface area contributed by atoms with Gasteiger partial charge in [-0.05, 0) is 33.8 Å². The van der Waals surface area contributed by atoms with Crippen LogP contribution in [0.3, 0.4) is 0 Å². The molecule has 0 aliphatic carbocycles. The molecular formula is C17H23F4NO3. The van der Waals surface area contributed by atoms with Crippen molar-refractivity contribution in [1.82, 2.24) is 5.32 Å². The smallest absolute Gasteiger partial charge is 0.408 e. The van der Waals surface area contributed by atoms with Crippen LogP contribution in [0.25, 0.3) is 0 Å². The number of alkyl halides is 3. The Kier molecular flexibility index (Phi) is 6.10. The Morgan fingerprint density at radius 2 is 1.68 bits per heavy atom. The van der Waals surface area contributed by atoms with Gasteiger partial charge in [-0.1, -0.05) is 18.2 Å². The van der Waals surface area contributed by atoms with E-state index in [1.165, 1.54) is 12.1 Å². The molecule has 8 heteroatoms. The van der Waals surface area contributed by atoms with Crippen molar-refractivity contribution in [1.29, 1.82) is 0 Å². The van der Waals surface area contributed by atoms with Gasteiger partial charge in [-0.15, -0.1) is 0 Å². The minimum absolute atomic E-state index is 0.333. The Bertz CT molecular complexity index is 613. The molecule has 142 valence electrons. The van der Waals surface area contributed by atoms with Gasteiger partial charge in [-0.2, -0.15) is 0 Å². The number of alkyl carbamates (subject to hydrolysis) is 1. The lowest BCUT2D eigenvalue weighted by Gasteiger charge is -2.38. The largest absolute Gasteiger partial charge is 0.444 e. The normalized spacial score (nSPS) is 17.4. The number of carbonyl (C=O) groups excluding carboxylic acids is 1. The molecule has 0 aromatic heterocycles. The van der Waals surface area contributed by atoms with Gasteiger partial charge in [0.25, 0.3) is 5.92 Å². The molecule has 0 spiro atoms. The van der Waals surface area contributed by atoms with Gasteiger partial charge in [0.2, 0.25) is 0 Å². The number of nitrogens with one attached hydrogen (secondary N) is 1. The summed E-state index contributed by atoms with van der Waals surface area (Å²) in [6, 6.07) is 4.81. The molecule has 1 rings (SSSR count). The summed E-state index contributed by atoms with van der Waals surface area (Å²) in [6.45, 7) is 5.99. The molecule has 0 aliphatic heterocycles. The number of amides is 1. The van der Waals surface area contributed by atoms with Crippen molar-refractivity contribution in [3.63, 3.8) is 0 Å². The molecule has 25 heavy (non-hydrogen) atoms. The van der Waals surface area contributed by atoms with Crippen LogP contribution >= 0.6 is 0 Å². The lowest BCUT2D eigenvalue weighted by molar-refractivity contribution is -0.139. The summed E-state index contributed by atoms with van der Waals surface area (Å²) in [7, 11) is 0. The van der Waals surface area contributed by atoms with Crippen LogP contribution in [0, 0.1) is 5.82 Å². The molecule has 1 unspecified atom stereocenters. The summed E-state index contributed by atoms with van der Waals surface area (Å²) in [6.07, 6.45) is -6.61. The summed E-state index contributed by atoms with van der Waals surface area (Å²) >= 11 is 0. The summed E-state index contributed by atoms with van der Waals surface area (Å²) in [4.78, 5) is 12.0. The number of aliphatic hydroxyl groups is 1. The summed E-state index contributed by atoms with van der Waals surface area (Å²) < 4.78 is 60.8. The fourth-order valence-electron chi connectivity index (χ4n) is 2.26. The summed E-state index contributed by atoms with van der Waals surface area (Å²) in [5.41, 5.74) is -3.62. The molecule has 0 bridgehead atoms. The van der Waals surface area contributed by atoms with E-state index in [1.807, 2.05) is 0 Å². The molecule has 0 aliphatic rings. The second-order valence-electron chi connectivity index (χ2n) is 7.11. The topological polar surface area (TPSA) is 58.6 Å². The first-order valence-corrected chi connectivity index (χ1v) is 7.64. The predicted octanol–water partition coefficient (Wildman–Crippen LogP) is 3.92. The van der Waals surface area contributed by atoms with E-state index < -0.39 is 46.8 Å². The lowest BCUT2D eigenvalue weighted by atomic mass is 9.83. The van der Waals surface area contributed by atoms with E-state index >= 15 is 0 Å². The monoisotopic (exact) mass is 365 g/mol. The van der Waals surface area contributed by atoms with Crippen molar-refractivity contribution in [3.05, 3.63) is 35.6 Å². The second-order valence-corrected chi connectivity index (χ2v) is 7.11. The van der Waals surface area contributed by atoms with Crippen molar-refractivity contribution < 1.29 is 32.2 Å². The molecule has 1 aromatic rings. The standard InChI is InChI=1S/C17H23F4NO3/c1-15(2,3)25-14(24)22-16(4,10-8-6-7-9-11(10)18)12(19)13(23)17(5,20)21/h6-9,12-13,23H,1-5H3,(H,22,24)/t12-,13?,16+/m0/s1. The van der Waals surface area contributed by atoms with Crippen LogP contribution in [0.5, 0.6) is 0 Å². The summed E-state index contributed by atoms with van der Waals surface area (Å²) in [5.74, 6) is -4.73. The van der Waals surface area contributed by atoms with Crippen LogP contribution < -0.4 is 5.32 Å². The van der Waals surface area contributed by atoms with Crippen molar-refractivity contribution >= 4 is 6.09 Å². The SMILES string of the molecule is CC(C)(C)OC(=O)N[C@](C)(c1ccccc1F)[C@@H](F)C(O)C(C)(F)F. The minimum atomic E-state index is -3.80. The predicted molar refractivity (Wildman–Crippen MR) is 84.6 cm³/mol. The number of rotatable bonds is 5. The Labute approximate surface area is 144 Å². The number of halogens is 4. The average molecular weight is 365 g/mol. The van der Waals surface area contributed by atoms with Gasteiger partial charge >= 0.3 is 6.09 Å². The van der Waals surface area contributed by atoms with Gasteiger partial charge < -0.3 is 15.2 Å². The Morgan fingerprint density at radius 3 is 2.12 bits per heavy atom. The molecule has 0 saturated carbocycles. The third-order valence-corrected chi connectivity index (χ3v) is 3.54. The van der Waals surface area contributed by atoms with E-state index in [0.29, 0.717) is 6.92 Å². The lowest BCUT2D eigenvalue weighted by Crippen LogP contribution is -2.58. The van der Waals surface area contributed by atoms with E-state index in [2.05, 4.69) is 5.32 Å². The van der Waals surface area contributed by atoms with Crippen molar-refractivity contribution in [3.8, 4) is 0 Å². The molecule has 1 amide bonds. The Morgan fingerprint density at radius 1 is 1.16 bits per heavy atom. The molecule has 0 heterocycles. The summed E-state index contributed by atoms with van der Waals surface area (Å²) in [5, 5.41) is 11.7. The number of hydrogen-bond donors (Lipinski definition) is 2. The van der Waals surface area contributed by atoms with Crippen LogP contribution in [-0.4, -0.2) is 35.0 Å². The molecule has 0 radical (unpaired) electrons. The van der Waals surface area contributed by atoms with Gasteiger partial charge in [-0.3, -0.25) is 0 Å². The van der Waals surface area contributed by atoms with Crippen molar-refractivity contribution in [2.24, 2.45) is 0 Å². The van der Waals surface area contributed by atoms with Crippen LogP contribution in [0.15, 0.2) is 24.3 Å². The number of hydrogen-bond acceptors (Lipinski definition) is 3. The van der Waals surface area contributed by atoms with Gasteiger partial charge in [-0.25, -0.2) is 22.4 Å². The fraction of sp³-hybridized carbons (Fsp3) is 0.588. The molecule has 4 nitrogen and oxygen atoms in total. The van der Waals surface area contributed by atoms with E-state index in [0.717, 1.165) is 19.1 Å². The zero-order valence-corrected chi connectivity index (χ0v) is 14.7. The van der Waals surface area contributed by atoms with E-state index in [-0.39, 0.29) is 0 Å². The first kappa shape index (κ1) is 21.2. The quantitative estimate of drug-likeness (QED) is 0.778. The maximum atomic E-state index is 14.8. The second kappa shape index (κ2) is 7.19. The third-order valence-electron chi connectivity index (χ3n) is 3.54. The zero-order chi connectivity index (χ0) is 19.6. The van der Waals surface area contributed by atoms with Gasteiger partial charge in [0.05, 0.1) is 0 Å². The van der Waals surface area contributed by atoms with Gasteiger partial charge in [0.15, 0.2) is 12.3 Å². The Balaban J connectivity index is 3.32. The number of aliphatic hydroxyl groups excluding tert-OH is 1. The zero-order valence-electron chi connectivity index (χ0n) is 14.7. The highest BCUT2D eigenvalue weighted by atomic mass is 19.3. The maximum absolute atomic E-state index is 14.8. The highest BCUT2D eigenvalue weighted by Crippen LogP contribution is 2.35. The first-order chi connectivity index (χ1) is 11.2. The molecule has 0 fully saturated rings. The maximum Gasteiger partial charge on any atom is 0.408 e. The average Bonchev–Trinajstić information content (AvgIpc) is 2.42. The number of ether oxygens (including phenoxy) is 1.